The summed E-state index contributed by atoms with van der Waals surface area (Å²) in [6.45, 7) is 4.78. The minimum absolute atomic E-state index is 0.0230. The lowest BCUT2D eigenvalue weighted by molar-refractivity contribution is -0.117. The van der Waals surface area contributed by atoms with E-state index in [2.05, 4.69) is 26.9 Å². The second-order valence-corrected chi connectivity index (χ2v) is 9.11. The molecule has 0 spiro atoms. The molecule has 35 heavy (non-hydrogen) atoms. The molecule has 1 fully saturated rings. The van der Waals surface area contributed by atoms with E-state index in [-0.39, 0.29) is 17.7 Å². The summed E-state index contributed by atoms with van der Waals surface area (Å²) in [5, 5.41) is 7.28. The van der Waals surface area contributed by atoms with Crippen LogP contribution < -0.4 is 5.32 Å². The van der Waals surface area contributed by atoms with Gasteiger partial charge in [-0.2, -0.15) is 5.10 Å². The van der Waals surface area contributed by atoms with Crippen molar-refractivity contribution in [3.05, 3.63) is 78.4 Å². The van der Waals surface area contributed by atoms with Crippen molar-refractivity contribution in [2.24, 2.45) is 5.92 Å². The van der Waals surface area contributed by atoms with Crippen LogP contribution in [0.2, 0.25) is 0 Å². The molecule has 8 heteroatoms. The number of likely N-dealkylation sites (tertiary alicyclic amines) is 1. The number of nitrogens with zero attached hydrogens (tertiary/aromatic N) is 5. The summed E-state index contributed by atoms with van der Waals surface area (Å²) in [5.41, 5.74) is 4.32. The normalized spacial score (nSPS) is 15.9. The highest BCUT2D eigenvalue weighted by atomic mass is 16.2. The van der Waals surface area contributed by atoms with Gasteiger partial charge in [0.25, 0.3) is 5.91 Å². The van der Waals surface area contributed by atoms with Gasteiger partial charge >= 0.3 is 0 Å². The zero-order valence-electron chi connectivity index (χ0n) is 19.9. The van der Waals surface area contributed by atoms with E-state index in [1.165, 1.54) is 0 Å². The number of benzene rings is 2. The molecule has 5 rings (SSSR count). The lowest BCUT2D eigenvalue weighted by Gasteiger charge is -2.33. The van der Waals surface area contributed by atoms with Crippen LogP contribution in [0.15, 0.2) is 67.3 Å². The standard InChI is InChI=1S/C27H30N6O2/c1-2-31-19-28-24-16-22(10-11-25(24)31)30-26(34)15-20-7-5-13-32(17-20)27(35)23-9-4-3-8-21(23)18-33-14-6-12-29-33/h3-4,6,8-12,14,16,19-20H,2,5,7,13,15,17-18H2,1H3,(H,30,34)/t20-/m0/s1. The molecule has 180 valence electrons. The van der Waals surface area contributed by atoms with Gasteiger partial charge in [0.1, 0.15) is 0 Å². The Morgan fingerprint density at radius 2 is 2.03 bits per heavy atom. The molecule has 1 saturated heterocycles. The molecule has 0 saturated carbocycles. The summed E-state index contributed by atoms with van der Waals surface area (Å²) in [7, 11) is 0. The summed E-state index contributed by atoms with van der Waals surface area (Å²) in [6, 6.07) is 15.4. The van der Waals surface area contributed by atoms with Crippen LogP contribution in [0.4, 0.5) is 5.69 Å². The quantitative estimate of drug-likeness (QED) is 0.439. The number of anilines is 1. The van der Waals surface area contributed by atoms with Crippen molar-refractivity contribution in [2.75, 3.05) is 18.4 Å². The Hall–Kier alpha value is -3.94. The number of rotatable bonds is 7. The minimum atomic E-state index is -0.0299. The predicted octanol–water partition coefficient (Wildman–Crippen LogP) is 4.18. The van der Waals surface area contributed by atoms with Crippen LogP contribution in [0.5, 0.6) is 0 Å². The number of nitrogens with one attached hydrogen (secondary N) is 1. The first-order valence-electron chi connectivity index (χ1n) is 12.2. The zero-order chi connectivity index (χ0) is 24.2. The highest BCUT2D eigenvalue weighted by Gasteiger charge is 2.27. The number of fused-ring (bicyclic) bond motifs is 1. The molecule has 0 unspecified atom stereocenters. The molecule has 0 bridgehead atoms. The largest absolute Gasteiger partial charge is 0.338 e. The molecule has 1 aliphatic rings. The number of carbonyl (C=O) groups is 2. The van der Waals surface area contributed by atoms with Crippen LogP contribution in [0.3, 0.4) is 0 Å². The fourth-order valence-corrected chi connectivity index (χ4v) is 4.89. The third-order valence-corrected chi connectivity index (χ3v) is 6.67. The molecular formula is C27H30N6O2. The van der Waals surface area contributed by atoms with Crippen molar-refractivity contribution in [2.45, 2.75) is 39.3 Å². The van der Waals surface area contributed by atoms with Gasteiger partial charge < -0.3 is 14.8 Å². The van der Waals surface area contributed by atoms with Crippen LogP contribution in [0.1, 0.15) is 42.1 Å². The smallest absolute Gasteiger partial charge is 0.254 e. The van der Waals surface area contributed by atoms with E-state index in [4.69, 9.17) is 0 Å². The molecular weight excluding hydrogens is 440 g/mol. The molecule has 4 aromatic rings. The highest BCUT2D eigenvalue weighted by molar-refractivity contribution is 5.96. The number of hydrogen-bond donors (Lipinski definition) is 1. The van der Waals surface area contributed by atoms with Crippen LogP contribution in [-0.4, -0.2) is 49.1 Å². The van der Waals surface area contributed by atoms with Crippen LogP contribution >= 0.6 is 0 Å². The molecule has 8 nitrogen and oxygen atoms in total. The molecule has 1 aliphatic heterocycles. The van der Waals surface area contributed by atoms with Gasteiger partial charge in [0.05, 0.1) is 23.9 Å². The molecule has 3 heterocycles. The van der Waals surface area contributed by atoms with E-state index in [9.17, 15) is 9.59 Å². The number of carbonyl (C=O) groups excluding carboxylic acids is 2. The SMILES string of the molecule is CCn1cnc2cc(NC(=O)C[C@@H]3CCCN(C(=O)c4ccccc4Cn4cccn4)C3)ccc21. The molecule has 1 atom stereocenters. The Labute approximate surface area is 204 Å². The lowest BCUT2D eigenvalue weighted by Crippen LogP contribution is -2.41. The van der Waals surface area contributed by atoms with Crippen molar-refractivity contribution in [3.63, 3.8) is 0 Å². The van der Waals surface area contributed by atoms with E-state index >= 15 is 0 Å². The third kappa shape index (κ3) is 5.11. The fraction of sp³-hybridized carbons (Fsp3) is 0.333. The van der Waals surface area contributed by atoms with Crippen molar-refractivity contribution in [1.82, 2.24) is 24.2 Å². The average Bonchev–Trinajstić information content (AvgIpc) is 3.53. The van der Waals surface area contributed by atoms with E-state index in [0.717, 1.165) is 41.7 Å². The zero-order valence-corrected chi connectivity index (χ0v) is 19.9. The van der Waals surface area contributed by atoms with E-state index in [1.807, 2.05) is 70.6 Å². The molecule has 0 aliphatic carbocycles. The second kappa shape index (κ2) is 10.1. The van der Waals surface area contributed by atoms with Crippen molar-refractivity contribution in [1.29, 1.82) is 0 Å². The van der Waals surface area contributed by atoms with Crippen LogP contribution in [-0.2, 0) is 17.9 Å². The Balaban J connectivity index is 1.22. The average molecular weight is 471 g/mol. The first kappa shape index (κ1) is 22.8. The number of hydrogen-bond acceptors (Lipinski definition) is 4. The van der Waals surface area contributed by atoms with Gasteiger partial charge in [0, 0.05) is 49.7 Å². The molecule has 0 radical (unpaired) electrons. The lowest BCUT2D eigenvalue weighted by atomic mass is 9.93. The van der Waals surface area contributed by atoms with Gasteiger partial charge in [0.2, 0.25) is 5.91 Å². The van der Waals surface area contributed by atoms with Crippen molar-refractivity contribution in [3.8, 4) is 0 Å². The van der Waals surface area contributed by atoms with Gasteiger partial charge in [-0.3, -0.25) is 14.3 Å². The van der Waals surface area contributed by atoms with Crippen LogP contribution in [0.25, 0.3) is 11.0 Å². The van der Waals surface area contributed by atoms with Crippen molar-refractivity contribution >= 4 is 28.5 Å². The third-order valence-electron chi connectivity index (χ3n) is 6.67. The van der Waals surface area contributed by atoms with Gasteiger partial charge in [-0.05, 0) is 61.6 Å². The van der Waals surface area contributed by atoms with E-state index in [1.54, 1.807) is 6.20 Å². The highest BCUT2D eigenvalue weighted by Crippen LogP contribution is 2.24. The monoisotopic (exact) mass is 470 g/mol. The first-order valence-corrected chi connectivity index (χ1v) is 12.2. The summed E-state index contributed by atoms with van der Waals surface area (Å²) in [4.78, 5) is 32.5. The summed E-state index contributed by atoms with van der Waals surface area (Å²) >= 11 is 0. The summed E-state index contributed by atoms with van der Waals surface area (Å²) in [6.07, 6.45) is 7.67. The Kier molecular flexibility index (Phi) is 6.61. The minimum Gasteiger partial charge on any atom is -0.338 e. The number of imidazole rings is 1. The summed E-state index contributed by atoms with van der Waals surface area (Å²) in [5.74, 6) is 0.126. The molecule has 1 N–H and O–H groups in total. The predicted molar refractivity (Wildman–Crippen MR) is 135 cm³/mol. The number of aryl methyl sites for hydroxylation is 1. The van der Waals surface area contributed by atoms with Gasteiger partial charge in [-0.15, -0.1) is 0 Å². The Morgan fingerprint density at radius 3 is 2.86 bits per heavy atom. The molecule has 2 amide bonds. The number of aromatic nitrogens is 4. The fourth-order valence-electron chi connectivity index (χ4n) is 4.89. The molecule has 2 aromatic heterocycles. The molecule has 2 aromatic carbocycles. The number of amides is 2. The summed E-state index contributed by atoms with van der Waals surface area (Å²) < 4.78 is 3.89. The maximum atomic E-state index is 13.4. The van der Waals surface area contributed by atoms with E-state index < -0.39 is 0 Å². The van der Waals surface area contributed by atoms with E-state index in [0.29, 0.717) is 31.6 Å². The first-order chi connectivity index (χ1) is 17.1. The van der Waals surface area contributed by atoms with Crippen molar-refractivity contribution < 1.29 is 9.59 Å². The van der Waals surface area contributed by atoms with Gasteiger partial charge in [-0.25, -0.2) is 4.98 Å². The Morgan fingerprint density at radius 1 is 1.14 bits per heavy atom. The van der Waals surface area contributed by atoms with Crippen LogP contribution in [0, 0.1) is 5.92 Å². The van der Waals surface area contributed by atoms with Gasteiger partial charge in [0.15, 0.2) is 0 Å². The Bertz CT molecular complexity index is 1330. The van der Waals surface area contributed by atoms with Gasteiger partial charge in [-0.1, -0.05) is 18.2 Å². The number of piperidine rings is 1. The maximum Gasteiger partial charge on any atom is 0.254 e. The second-order valence-electron chi connectivity index (χ2n) is 9.11. The topological polar surface area (TPSA) is 85.0 Å². The maximum absolute atomic E-state index is 13.4.